The Morgan fingerprint density at radius 1 is 1.50 bits per heavy atom. The largest absolute Gasteiger partial charge is 0.487 e. The lowest BCUT2D eigenvalue weighted by Crippen LogP contribution is -2.24. The number of primary amides is 1. The number of nitrogens with two attached hydrogens (primary N) is 1. The summed E-state index contributed by atoms with van der Waals surface area (Å²) in [6.45, 7) is 4.10. The van der Waals surface area contributed by atoms with Crippen molar-refractivity contribution < 1.29 is 9.53 Å². The van der Waals surface area contributed by atoms with Crippen LogP contribution in [0, 0.1) is 0 Å². The Morgan fingerprint density at radius 3 is 2.94 bits per heavy atom. The summed E-state index contributed by atoms with van der Waals surface area (Å²) in [7, 11) is 0. The molecule has 1 aromatic carbocycles. The van der Waals surface area contributed by atoms with Crippen molar-refractivity contribution in [2.45, 2.75) is 25.9 Å². The summed E-state index contributed by atoms with van der Waals surface area (Å²) >= 11 is 0. The molecule has 3 heteroatoms. The fraction of sp³-hybridized carbons (Fsp3) is 0.308. The SMILES string of the molecule is CC1(C)Cc2cccc(/C=C\C(N)=O)c2O1. The van der Waals surface area contributed by atoms with Crippen LogP contribution >= 0.6 is 0 Å². The van der Waals surface area contributed by atoms with Gasteiger partial charge in [-0.05, 0) is 25.5 Å². The normalized spacial score (nSPS) is 17.1. The third kappa shape index (κ3) is 2.08. The number of ether oxygens (including phenoxy) is 1. The molecule has 0 aromatic heterocycles. The van der Waals surface area contributed by atoms with Gasteiger partial charge in [0.25, 0.3) is 0 Å². The summed E-state index contributed by atoms with van der Waals surface area (Å²) in [4.78, 5) is 10.7. The molecule has 1 aliphatic heterocycles. The van der Waals surface area contributed by atoms with Gasteiger partial charge in [-0.15, -0.1) is 0 Å². The van der Waals surface area contributed by atoms with Gasteiger partial charge in [-0.2, -0.15) is 0 Å². The first kappa shape index (κ1) is 10.7. The van der Waals surface area contributed by atoms with E-state index in [4.69, 9.17) is 10.5 Å². The number of benzene rings is 1. The Hall–Kier alpha value is -1.77. The van der Waals surface area contributed by atoms with Crippen molar-refractivity contribution in [3.8, 4) is 5.75 Å². The molecule has 0 bridgehead atoms. The van der Waals surface area contributed by atoms with E-state index >= 15 is 0 Å². The summed E-state index contributed by atoms with van der Waals surface area (Å²) in [6.07, 6.45) is 3.94. The van der Waals surface area contributed by atoms with Crippen molar-refractivity contribution in [1.82, 2.24) is 0 Å². The van der Waals surface area contributed by atoms with Crippen LogP contribution in [0.4, 0.5) is 0 Å². The average Bonchev–Trinajstić information content (AvgIpc) is 2.48. The highest BCUT2D eigenvalue weighted by Crippen LogP contribution is 2.37. The average molecular weight is 217 g/mol. The van der Waals surface area contributed by atoms with Crippen molar-refractivity contribution in [3.63, 3.8) is 0 Å². The predicted molar refractivity (Wildman–Crippen MR) is 63.1 cm³/mol. The summed E-state index contributed by atoms with van der Waals surface area (Å²) in [5, 5.41) is 0. The van der Waals surface area contributed by atoms with Crippen LogP contribution in [0.1, 0.15) is 25.0 Å². The van der Waals surface area contributed by atoms with Gasteiger partial charge < -0.3 is 10.5 Å². The van der Waals surface area contributed by atoms with Gasteiger partial charge in [-0.1, -0.05) is 18.2 Å². The van der Waals surface area contributed by atoms with Gasteiger partial charge in [0.05, 0.1) is 0 Å². The summed E-state index contributed by atoms with van der Waals surface area (Å²) in [5.74, 6) is 0.417. The van der Waals surface area contributed by atoms with E-state index in [1.165, 1.54) is 11.6 Å². The van der Waals surface area contributed by atoms with Gasteiger partial charge in [0, 0.05) is 18.1 Å². The molecule has 84 valence electrons. The third-order valence-electron chi connectivity index (χ3n) is 2.55. The van der Waals surface area contributed by atoms with Gasteiger partial charge in [-0.25, -0.2) is 0 Å². The molecule has 1 aliphatic rings. The Kier molecular flexibility index (Phi) is 2.46. The highest BCUT2D eigenvalue weighted by atomic mass is 16.5. The smallest absolute Gasteiger partial charge is 0.241 e. The lowest BCUT2D eigenvalue weighted by Gasteiger charge is -2.17. The molecular formula is C13H15NO2. The maximum absolute atomic E-state index is 10.7. The quantitative estimate of drug-likeness (QED) is 0.769. The van der Waals surface area contributed by atoms with Crippen molar-refractivity contribution in [2.24, 2.45) is 5.73 Å². The molecule has 3 nitrogen and oxygen atoms in total. The van der Waals surface area contributed by atoms with Crippen LogP contribution in [-0.2, 0) is 11.2 Å². The molecule has 0 fully saturated rings. The van der Waals surface area contributed by atoms with Crippen molar-refractivity contribution in [2.75, 3.05) is 0 Å². The summed E-state index contributed by atoms with van der Waals surface area (Å²) in [5.41, 5.74) is 6.99. The lowest BCUT2D eigenvalue weighted by atomic mass is 10.0. The number of hydrogen-bond donors (Lipinski definition) is 1. The number of fused-ring (bicyclic) bond motifs is 1. The standard InChI is InChI=1S/C13H15NO2/c1-13(2)8-10-5-3-4-9(12(10)16-13)6-7-11(14)15/h3-7H,8H2,1-2H3,(H2,14,15)/b7-6-. The van der Waals surface area contributed by atoms with Gasteiger partial charge in [0.15, 0.2) is 0 Å². The molecule has 0 aliphatic carbocycles. The van der Waals surface area contributed by atoms with Gasteiger partial charge in [0.1, 0.15) is 11.4 Å². The van der Waals surface area contributed by atoms with Crippen LogP contribution in [0.5, 0.6) is 5.75 Å². The highest BCUT2D eigenvalue weighted by Gasteiger charge is 2.30. The molecule has 2 N–H and O–H groups in total. The number of carbonyl (C=O) groups is 1. The molecule has 16 heavy (non-hydrogen) atoms. The number of para-hydroxylation sites is 1. The van der Waals surface area contributed by atoms with Crippen molar-refractivity contribution >= 4 is 12.0 Å². The lowest BCUT2D eigenvalue weighted by molar-refractivity contribution is -0.113. The van der Waals surface area contributed by atoms with Crippen LogP contribution in [0.3, 0.4) is 0 Å². The Bertz CT molecular complexity index is 461. The number of rotatable bonds is 2. The second-order valence-electron chi connectivity index (χ2n) is 4.61. The van der Waals surface area contributed by atoms with Crippen LogP contribution in [0.25, 0.3) is 6.08 Å². The van der Waals surface area contributed by atoms with E-state index in [9.17, 15) is 4.79 Å². The molecule has 0 atom stereocenters. The molecule has 0 unspecified atom stereocenters. The van der Waals surface area contributed by atoms with E-state index in [-0.39, 0.29) is 5.60 Å². The highest BCUT2D eigenvalue weighted by molar-refractivity contribution is 5.90. The maximum Gasteiger partial charge on any atom is 0.241 e. The van der Waals surface area contributed by atoms with Gasteiger partial charge >= 0.3 is 0 Å². The zero-order chi connectivity index (χ0) is 11.8. The number of carbonyl (C=O) groups excluding carboxylic acids is 1. The first-order chi connectivity index (χ1) is 7.48. The van der Waals surface area contributed by atoms with Crippen LogP contribution < -0.4 is 10.5 Å². The van der Waals surface area contributed by atoms with E-state index in [2.05, 4.69) is 13.8 Å². The molecule has 1 amide bonds. The van der Waals surface area contributed by atoms with Crippen LogP contribution in [0.2, 0.25) is 0 Å². The Morgan fingerprint density at radius 2 is 2.25 bits per heavy atom. The molecule has 2 rings (SSSR count). The van der Waals surface area contributed by atoms with Gasteiger partial charge in [-0.3, -0.25) is 4.79 Å². The molecule has 0 spiro atoms. The molecule has 0 saturated carbocycles. The second kappa shape index (κ2) is 3.67. The fourth-order valence-corrected chi connectivity index (χ4v) is 1.94. The summed E-state index contributed by atoms with van der Waals surface area (Å²) in [6, 6.07) is 5.93. The van der Waals surface area contributed by atoms with E-state index in [0.717, 1.165) is 17.7 Å². The maximum atomic E-state index is 10.7. The molecule has 1 heterocycles. The van der Waals surface area contributed by atoms with E-state index in [0.29, 0.717) is 0 Å². The first-order valence-electron chi connectivity index (χ1n) is 5.26. The van der Waals surface area contributed by atoms with Crippen molar-refractivity contribution in [1.29, 1.82) is 0 Å². The van der Waals surface area contributed by atoms with Crippen molar-refractivity contribution in [3.05, 3.63) is 35.4 Å². The Labute approximate surface area is 94.9 Å². The van der Waals surface area contributed by atoms with Crippen LogP contribution in [-0.4, -0.2) is 11.5 Å². The van der Waals surface area contributed by atoms with Crippen LogP contribution in [0.15, 0.2) is 24.3 Å². The zero-order valence-electron chi connectivity index (χ0n) is 9.49. The minimum atomic E-state index is -0.449. The second-order valence-corrected chi connectivity index (χ2v) is 4.61. The fourth-order valence-electron chi connectivity index (χ4n) is 1.94. The van der Waals surface area contributed by atoms with E-state index in [1.54, 1.807) is 6.08 Å². The monoisotopic (exact) mass is 217 g/mol. The molecule has 0 radical (unpaired) electrons. The predicted octanol–water partition coefficient (Wildman–Crippen LogP) is 1.90. The summed E-state index contributed by atoms with van der Waals surface area (Å²) < 4.78 is 5.85. The van der Waals surface area contributed by atoms with E-state index < -0.39 is 5.91 Å². The number of amides is 1. The Balaban J connectivity index is 2.37. The zero-order valence-corrected chi connectivity index (χ0v) is 9.49. The van der Waals surface area contributed by atoms with Gasteiger partial charge in [0.2, 0.25) is 5.91 Å². The first-order valence-corrected chi connectivity index (χ1v) is 5.26. The minimum absolute atomic E-state index is 0.168. The molecule has 0 saturated heterocycles. The third-order valence-corrected chi connectivity index (χ3v) is 2.55. The molecule has 1 aromatic rings. The minimum Gasteiger partial charge on any atom is -0.487 e. The number of hydrogen-bond acceptors (Lipinski definition) is 2. The topological polar surface area (TPSA) is 52.3 Å². The molecular weight excluding hydrogens is 202 g/mol. The van der Waals surface area contributed by atoms with E-state index in [1.807, 2.05) is 18.2 Å².